The van der Waals surface area contributed by atoms with Crippen LogP contribution in [0, 0.1) is 0 Å². The fraction of sp³-hybridized carbons (Fsp3) is 0.389. The number of anilines is 2. The molecular formula is C18H21N7O2. The molecule has 1 atom stereocenters. The number of aliphatic hydroxyl groups excluding tert-OH is 1. The highest BCUT2D eigenvalue weighted by molar-refractivity contribution is 5.52. The quantitative estimate of drug-likeness (QED) is 0.718. The van der Waals surface area contributed by atoms with Crippen LogP contribution < -0.4 is 9.80 Å². The molecule has 1 fully saturated rings. The van der Waals surface area contributed by atoms with E-state index in [1.54, 1.807) is 18.6 Å². The molecule has 1 aliphatic heterocycles. The van der Waals surface area contributed by atoms with E-state index >= 15 is 0 Å². The largest absolute Gasteiger partial charge is 0.391 e. The number of rotatable bonds is 5. The predicted octanol–water partition coefficient (Wildman–Crippen LogP) is 1.52. The van der Waals surface area contributed by atoms with E-state index in [1.165, 1.54) is 0 Å². The molecule has 0 aliphatic carbocycles. The topological polar surface area (TPSA) is 104 Å². The molecule has 1 aliphatic rings. The van der Waals surface area contributed by atoms with E-state index in [4.69, 9.17) is 4.52 Å². The van der Waals surface area contributed by atoms with Gasteiger partial charge in [-0.1, -0.05) is 5.16 Å². The van der Waals surface area contributed by atoms with Crippen molar-refractivity contribution in [2.24, 2.45) is 0 Å². The molecule has 0 radical (unpaired) electrons. The van der Waals surface area contributed by atoms with Crippen LogP contribution in [0.3, 0.4) is 0 Å². The van der Waals surface area contributed by atoms with Gasteiger partial charge < -0.3 is 19.4 Å². The zero-order valence-electron chi connectivity index (χ0n) is 15.1. The second-order valence-electron chi connectivity index (χ2n) is 6.57. The monoisotopic (exact) mass is 367 g/mol. The van der Waals surface area contributed by atoms with E-state index in [-0.39, 0.29) is 6.10 Å². The van der Waals surface area contributed by atoms with Crippen molar-refractivity contribution in [2.75, 3.05) is 29.9 Å². The number of β-amino-alcohol motifs (C(OH)–C–C–N with tert-alkyl or cyclic N) is 1. The Morgan fingerprint density at radius 3 is 3.04 bits per heavy atom. The number of hydrogen-bond acceptors (Lipinski definition) is 9. The molecule has 0 spiro atoms. The molecule has 140 valence electrons. The first kappa shape index (κ1) is 17.3. The van der Waals surface area contributed by atoms with Crippen LogP contribution in [-0.2, 0) is 6.54 Å². The van der Waals surface area contributed by atoms with Gasteiger partial charge in [-0.2, -0.15) is 9.97 Å². The zero-order chi connectivity index (χ0) is 18.6. The second-order valence-corrected chi connectivity index (χ2v) is 6.57. The summed E-state index contributed by atoms with van der Waals surface area (Å²) in [7, 11) is 1.87. The number of nitrogens with zero attached hydrogens (tertiary/aromatic N) is 7. The Labute approximate surface area is 156 Å². The molecule has 1 saturated heterocycles. The smallest absolute Gasteiger partial charge is 0.246 e. The van der Waals surface area contributed by atoms with E-state index in [0.29, 0.717) is 30.8 Å². The zero-order valence-corrected chi connectivity index (χ0v) is 15.1. The summed E-state index contributed by atoms with van der Waals surface area (Å²) in [5, 5.41) is 13.9. The molecule has 1 unspecified atom stereocenters. The average Bonchev–Trinajstić information content (AvgIpc) is 3.17. The third kappa shape index (κ3) is 4.03. The summed E-state index contributed by atoms with van der Waals surface area (Å²) in [6.45, 7) is 1.87. The molecule has 9 nitrogen and oxygen atoms in total. The van der Waals surface area contributed by atoms with Crippen LogP contribution >= 0.6 is 0 Å². The molecule has 0 bridgehead atoms. The van der Waals surface area contributed by atoms with Crippen molar-refractivity contribution in [3.8, 4) is 11.4 Å². The second kappa shape index (κ2) is 7.67. The van der Waals surface area contributed by atoms with Crippen molar-refractivity contribution in [3.05, 3.63) is 42.7 Å². The van der Waals surface area contributed by atoms with Gasteiger partial charge in [-0.05, 0) is 31.0 Å². The van der Waals surface area contributed by atoms with Crippen LogP contribution in [0.2, 0.25) is 0 Å². The Bertz CT molecular complexity index is 886. The van der Waals surface area contributed by atoms with Crippen molar-refractivity contribution in [1.29, 1.82) is 0 Å². The molecule has 0 saturated carbocycles. The van der Waals surface area contributed by atoms with E-state index in [1.807, 2.05) is 30.1 Å². The van der Waals surface area contributed by atoms with Gasteiger partial charge in [0.2, 0.25) is 17.7 Å². The fourth-order valence-electron chi connectivity index (χ4n) is 3.07. The molecule has 4 heterocycles. The Morgan fingerprint density at radius 1 is 1.30 bits per heavy atom. The first-order valence-electron chi connectivity index (χ1n) is 8.89. The van der Waals surface area contributed by atoms with Gasteiger partial charge in [0, 0.05) is 44.3 Å². The van der Waals surface area contributed by atoms with Crippen LogP contribution in [-0.4, -0.2) is 56.4 Å². The highest BCUT2D eigenvalue weighted by atomic mass is 16.5. The van der Waals surface area contributed by atoms with Crippen LogP contribution in [0.5, 0.6) is 0 Å². The summed E-state index contributed by atoms with van der Waals surface area (Å²) in [5.74, 6) is 2.35. The minimum absolute atomic E-state index is 0.306. The van der Waals surface area contributed by atoms with Gasteiger partial charge >= 0.3 is 0 Å². The molecule has 1 N–H and O–H groups in total. The average molecular weight is 367 g/mol. The van der Waals surface area contributed by atoms with Gasteiger partial charge in [0.1, 0.15) is 5.82 Å². The molecule has 3 aromatic heterocycles. The van der Waals surface area contributed by atoms with Crippen molar-refractivity contribution in [2.45, 2.75) is 25.5 Å². The van der Waals surface area contributed by atoms with Crippen LogP contribution in [0.25, 0.3) is 11.4 Å². The molecule has 3 aromatic rings. The van der Waals surface area contributed by atoms with Crippen molar-refractivity contribution in [1.82, 2.24) is 25.1 Å². The standard InChI is InChI=1S/C18H21N7O2/c1-24(12-16-22-17(23-27-16)13-4-2-7-19-10-13)18-20-8-6-15(21-18)25-9-3-5-14(26)11-25/h2,4,6-8,10,14,26H,3,5,9,11-12H2,1H3. The first-order chi connectivity index (χ1) is 13.2. The summed E-state index contributed by atoms with van der Waals surface area (Å²) in [6, 6.07) is 5.57. The molecular weight excluding hydrogens is 346 g/mol. The summed E-state index contributed by atoms with van der Waals surface area (Å²) >= 11 is 0. The maximum Gasteiger partial charge on any atom is 0.246 e. The van der Waals surface area contributed by atoms with Gasteiger partial charge in [0.05, 0.1) is 12.6 Å². The lowest BCUT2D eigenvalue weighted by atomic mass is 10.1. The Kier molecular flexibility index (Phi) is 4.93. The van der Waals surface area contributed by atoms with Gasteiger partial charge in [-0.25, -0.2) is 4.98 Å². The van der Waals surface area contributed by atoms with Crippen molar-refractivity contribution in [3.63, 3.8) is 0 Å². The normalized spacial score (nSPS) is 17.1. The van der Waals surface area contributed by atoms with E-state index in [9.17, 15) is 5.11 Å². The first-order valence-corrected chi connectivity index (χ1v) is 8.89. The number of piperidine rings is 1. The van der Waals surface area contributed by atoms with Crippen LogP contribution in [0.15, 0.2) is 41.3 Å². The summed E-state index contributed by atoms with van der Waals surface area (Å²) in [5.41, 5.74) is 0.803. The lowest BCUT2D eigenvalue weighted by molar-refractivity contribution is 0.154. The fourth-order valence-corrected chi connectivity index (χ4v) is 3.07. The Morgan fingerprint density at radius 2 is 2.22 bits per heavy atom. The predicted molar refractivity (Wildman–Crippen MR) is 99.1 cm³/mol. The van der Waals surface area contributed by atoms with Gasteiger partial charge in [0.25, 0.3) is 0 Å². The highest BCUT2D eigenvalue weighted by Crippen LogP contribution is 2.20. The third-order valence-corrected chi connectivity index (χ3v) is 4.45. The number of pyridine rings is 1. The molecule has 0 aromatic carbocycles. The van der Waals surface area contributed by atoms with E-state index < -0.39 is 0 Å². The summed E-state index contributed by atoms with van der Waals surface area (Å²) in [6.07, 6.45) is 6.60. The van der Waals surface area contributed by atoms with Gasteiger partial charge in [-0.15, -0.1) is 0 Å². The van der Waals surface area contributed by atoms with Crippen molar-refractivity contribution < 1.29 is 9.63 Å². The Hall–Kier alpha value is -3.07. The van der Waals surface area contributed by atoms with Gasteiger partial charge in [-0.3, -0.25) is 4.98 Å². The molecule has 4 rings (SSSR count). The number of aliphatic hydroxyl groups is 1. The summed E-state index contributed by atoms with van der Waals surface area (Å²) < 4.78 is 5.34. The molecule has 0 amide bonds. The van der Waals surface area contributed by atoms with Crippen molar-refractivity contribution >= 4 is 11.8 Å². The SMILES string of the molecule is CN(Cc1nc(-c2cccnc2)no1)c1nccc(N2CCCC(O)C2)n1. The molecule has 9 heteroatoms. The lowest BCUT2D eigenvalue weighted by Crippen LogP contribution is -2.38. The number of aromatic nitrogens is 5. The Balaban J connectivity index is 1.46. The van der Waals surface area contributed by atoms with Gasteiger partial charge in [0.15, 0.2) is 0 Å². The maximum absolute atomic E-state index is 9.88. The molecule has 27 heavy (non-hydrogen) atoms. The third-order valence-electron chi connectivity index (χ3n) is 4.45. The minimum Gasteiger partial charge on any atom is -0.391 e. The van der Waals surface area contributed by atoms with Crippen LogP contribution in [0.1, 0.15) is 18.7 Å². The lowest BCUT2D eigenvalue weighted by Gasteiger charge is -2.31. The summed E-state index contributed by atoms with van der Waals surface area (Å²) in [4.78, 5) is 21.4. The maximum atomic E-state index is 9.88. The van der Waals surface area contributed by atoms with E-state index in [0.717, 1.165) is 30.8 Å². The van der Waals surface area contributed by atoms with Crippen LogP contribution in [0.4, 0.5) is 11.8 Å². The highest BCUT2D eigenvalue weighted by Gasteiger charge is 2.20. The number of hydrogen-bond donors (Lipinski definition) is 1. The minimum atomic E-state index is -0.306. The van der Waals surface area contributed by atoms with E-state index in [2.05, 4.69) is 30.0 Å².